The summed E-state index contributed by atoms with van der Waals surface area (Å²) >= 11 is 0. The molecule has 4 rings (SSSR count). The van der Waals surface area contributed by atoms with Crippen LogP contribution < -0.4 is 22.1 Å². The Balaban J connectivity index is 1.51. The molecule has 2 amide bonds. The number of carbonyl (C=O) groups is 2. The SMILES string of the molecule is NC(=O)c1ncc(NC2CCCCC2N)nc1Nc1ccc(C(=O)N2CCC2)nc1. The summed E-state index contributed by atoms with van der Waals surface area (Å²) in [5, 5.41) is 6.35. The van der Waals surface area contributed by atoms with Crippen molar-refractivity contribution in [3.63, 3.8) is 0 Å². The first-order valence-corrected chi connectivity index (χ1v) is 10.2. The molecule has 1 saturated carbocycles. The van der Waals surface area contributed by atoms with Gasteiger partial charge in [-0.25, -0.2) is 15.0 Å². The van der Waals surface area contributed by atoms with Crippen LogP contribution in [0.2, 0.25) is 0 Å². The van der Waals surface area contributed by atoms with E-state index in [9.17, 15) is 9.59 Å². The number of hydrogen-bond donors (Lipinski definition) is 4. The zero-order valence-corrected chi connectivity index (χ0v) is 16.7. The molecule has 2 aliphatic rings. The minimum absolute atomic E-state index is 0.0224. The summed E-state index contributed by atoms with van der Waals surface area (Å²) in [6, 6.07) is 3.51. The molecular weight excluding hydrogens is 384 g/mol. The lowest BCUT2D eigenvalue weighted by Gasteiger charge is -2.30. The van der Waals surface area contributed by atoms with Gasteiger partial charge in [-0.1, -0.05) is 12.8 Å². The average molecular weight is 410 g/mol. The summed E-state index contributed by atoms with van der Waals surface area (Å²) in [5.74, 6) is -0.0354. The Kier molecular flexibility index (Phi) is 5.75. The molecule has 3 heterocycles. The molecule has 2 aromatic heterocycles. The molecule has 1 aliphatic heterocycles. The molecular formula is C20H26N8O2. The van der Waals surface area contributed by atoms with Crippen molar-refractivity contribution < 1.29 is 9.59 Å². The van der Waals surface area contributed by atoms with E-state index >= 15 is 0 Å². The Labute approximate surface area is 174 Å². The molecule has 2 fully saturated rings. The Morgan fingerprint density at radius 2 is 1.87 bits per heavy atom. The third-order valence-corrected chi connectivity index (χ3v) is 5.55. The van der Waals surface area contributed by atoms with Gasteiger partial charge >= 0.3 is 0 Å². The highest BCUT2D eigenvalue weighted by Gasteiger charge is 2.24. The molecule has 6 N–H and O–H groups in total. The maximum atomic E-state index is 12.2. The first-order chi connectivity index (χ1) is 14.5. The second-order valence-electron chi connectivity index (χ2n) is 7.72. The van der Waals surface area contributed by atoms with E-state index in [0.29, 0.717) is 17.2 Å². The first kappa shape index (κ1) is 20.0. The quantitative estimate of drug-likeness (QED) is 0.555. The molecule has 1 saturated heterocycles. The lowest BCUT2D eigenvalue weighted by atomic mass is 9.91. The summed E-state index contributed by atoms with van der Waals surface area (Å²) in [6.07, 6.45) is 8.19. The van der Waals surface area contributed by atoms with E-state index in [1.54, 1.807) is 17.0 Å². The number of anilines is 3. The number of primary amides is 1. The summed E-state index contributed by atoms with van der Waals surface area (Å²) in [6.45, 7) is 1.53. The highest BCUT2D eigenvalue weighted by atomic mass is 16.2. The predicted octanol–water partition coefficient (Wildman–Crippen LogP) is 1.24. The summed E-state index contributed by atoms with van der Waals surface area (Å²) in [5.41, 5.74) is 12.6. The van der Waals surface area contributed by atoms with Crippen molar-refractivity contribution in [2.45, 2.75) is 44.2 Å². The normalized spacial score (nSPS) is 20.9. The van der Waals surface area contributed by atoms with E-state index in [2.05, 4.69) is 25.6 Å². The number of nitrogens with two attached hydrogens (primary N) is 2. The van der Waals surface area contributed by atoms with E-state index in [1.165, 1.54) is 12.4 Å². The van der Waals surface area contributed by atoms with Gasteiger partial charge in [0.25, 0.3) is 11.8 Å². The van der Waals surface area contributed by atoms with Crippen LogP contribution in [0.1, 0.15) is 53.1 Å². The van der Waals surface area contributed by atoms with Crippen molar-refractivity contribution in [1.29, 1.82) is 0 Å². The number of likely N-dealkylation sites (tertiary alicyclic amines) is 1. The molecule has 10 nitrogen and oxygen atoms in total. The molecule has 1 aliphatic carbocycles. The van der Waals surface area contributed by atoms with Crippen molar-refractivity contribution in [3.05, 3.63) is 35.9 Å². The smallest absolute Gasteiger partial charge is 0.272 e. The van der Waals surface area contributed by atoms with Crippen molar-refractivity contribution in [1.82, 2.24) is 19.9 Å². The van der Waals surface area contributed by atoms with E-state index < -0.39 is 5.91 Å². The number of carbonyl (C=O) groups excluding carboxylic acids is 2. The van der Waals surface area contributed by atoms with Gasteiger partial charge in [0.05, 0.1) is 18.1 Å². The highest BCUT2D eigenvalue weighted by molar-refractivity contribution is 5.96. The zero-order valence-electron chi connectivity index (χ0n) is 16.7. The van der Waals surface area contributed by atoms with Gasteiger partial charge in [0.2, 0.25) is 0 Å². The van der Waals surface area contributed by atoms with E-state index in [4.69, 9.17) is 11.5 Å². The van der Waals surface area contributed by atoms with Crippen LogP contribution in [0.25, 0.3) is 0 Å². The van der Waals surface area contributed by atoms with Crippen LogP contribution in [0.15, 0.2) is 24.5 Å². The van der Waals surface area contributed by atoms with Crippen LogP contribution in [0, 0.1) is 0 Å². The zero-order chi connectivity index (χ0) is 21.1. The van der Waals surface area contributed by atoms with Crippen molar-refractivity contribution >= 4 is 29.1 Å². The van der Waals surface area contributed by atoms with Crippen LogP contribution >= 0.6 is 0 Å². The highest BCUT2D eigenvalue weighted by Crippen LogP contribution is 2.23. The van der Waals surface area contributed by atoms with Gasteiger partial charge in [0, 0.05) is 25.2 Å². The summed E-state index contributed by atoms with van der Waals surface area (Å²) in [7, 11) is 0. The molecule has 0 bridgehead atoms. The second kappa shape index (κ2) is 8.62. The van der Waals surface area contributed by atoms with Gasteiger partial charge in [-0.2, -0.15) is 0 Å². The monoisotopic (exact) mass is 410 g/mol. The second-order valence-corrected chi connectivity index (χ2v) is 7.72. The predicted molar refractivity (Wildman–Crippen MR) is 112 cm³/mol. The minimum atomic E-state index is -0.691. The molecule has 2 unspecified atom stereocenters. The van der Waals surface area contributed by atoms with Crippen molar-refractivity contribution in [2.75, 3.05) is 23.7 Å². The molecule has 0 spiro atoms. The number of aromatic nitrogens is 3. The maximum Gasteiger partial charge on any atom is 0.272 e. The Morgan fingerprint density at radius 3 is 2.50 bits per heavy atom. The average Bonchev–Trinajstić information content (AvgIpc) is 2.69. The van der Waals surface area contributed by atoms with E-state index in [1.807, 2.05) is 0 Å². The topological polar surface area (TPSA) is 152 Å². The number of rotatable bonds is 6. The van der Waals surface area contributed by atoms with Gasteiger partial charge in [-0.05, 0) is 31.4 Å². The molecule has 0 aromatic carbocycles. The van der Waals surface area contributed by atoms with Crippen LogP contribution in [0.4, 0.5) is 17.3 Å². The van der Waals surface area contributed by atoms with Gasteiger partial charge in [-0.15, -0.1) is 0 Å². The van der Waals surface area contributed by atoms with Crippen LogP contribution in [-0.2, 0) is 0 Å². The fraction of sp³-hybridized carbons (Fsp3) is 0.450. The van der Waals surface area contributed by atoms with Crippen molar-refractivity contribution in [3.8, 4) is 0 Å². The summed E-state index contributed by atoms with van der Waals surface area (Å²) < 4.78 is 0. The minimum Gasteiger partial charge on any atom is -0.364 e. The number of nitrogens with one attached hydrogen (secondary N) is 2. The number of pyridine rings is 1. The van der Waals surface area contributed by atoms with Crippen molar-refractivity contribution in [2.24, 2.45) is 11.5 Å². The Morgan fingerprint density at radius 1 is 1.07 bits per heavy atom. The molecule has 2 atom stereocenters. The number of amides is 2. The number of hydrogen-bond acceptors (Lipinski definition) is 8. The molecule has 158 valence electrons. The van der Waals surface area contributed by atoms with Gasteiger partial charge in [-0.3, -0.25) is 9.59 Å². The Hall–Kier alpha value is -3.27. The number of nitrogens with zero attached hydrogens (tertiary/aromatic N) is 4. The van der Waals surface area contributed by atoms with Crippen LogP contribution in [0.3, 0.4) is 0 Å². The maximum absolute atomic E-state index is 12.2. The van der Waals surface area contributed by atoms with Crippen LogP contribution in [-0.4, -0.2) is 56.8 Å². The molecule has 2 aromatic rings. The van der Waals surface area contributed by atoms with E-state index in [0.717, 1.165) is 45.2 Å². The third-order valence-electron chi connectivity index (χ3n) is 5.55. The lowest BCUT2D eigenvalue weighted by Crippen LogP contribution is -2.42. The molecule has 0 radical (unpaired) electrons. The third kappa shape index (κ3) is 4.33. The molecule has 30 heavy (non-hydrogen) atoms. The van der Waals surface area contributed by atoms with Gasteiger partial charge in [0.1, 0.15) is 11.5 Å². The fourth-order valence-electron chi connectivity index (χ4n) is 3.67. The fourth-order valence-corrected chi connectivity index (χ4v) is 3.67. The van der Waals surface area contributed by atoms with E-state index in [-0.39, 0.29) is 29.5 Å². The largest absolute Gasteiger partial charge is 0.364 e. The first-order valence-electron chi connectivity index (χ1n) is 10.2. The van der Waals surface area contributed by atoms with Crippen LogP contribution in [0.5, 0.6) is 0 Å². The summed E-state index contributed by atoms with van der Waals surface area (Å²) in [4.78, 5) is 38.7. The Bertz CT molecular complexity index is 929. The molecule has 10 heteroatoms. The van der Waals surface area contributed by atoms with Gasteiger partial charge in [0.15, 0.2) is 11.5 Å². The van der Waals surface area contributed by atoms with Gasteiger partial charge < -0.3 is 27.0 Å². The standard InChI is InChI=1S/C20H26N8O2/c21-13-4-1-2-5-14(13)26-16-11-24-17(18(22)29)19(27-16)25-12-6-7-15(23-10-12)20(30)28-8-3-9-28/h6-7,10-11,13-14H,1-5,8-9,21H2,(H2,22,29)(H2,25,26,27). The lowest BCUT2D eigenvalue weighted by molar-refractivity contribution is 0.0645.